The average Bonchev–Trinajstić information content (AvgIpc) is 3.30. The molecule has 5 heteroatoms. The van der Waals surface area contributed by atoms with Crippen LogP contribution in [0, 0.1) is 12.8 Å². The molecular weight excluding hydrogens is 493 g/mol. The average molecular weight is 524 g/mol. The Bertz CT molecular complexity index is 1090. The summed E-state index contributed by atoms with van der Waals surface area (Å²) >= 11 is 4.14. The van der Waals surface area contributed by atoms with Gasteiger partial charge in [-0.3, -0.25) is 0 Å². The van der Waals surface area contributed by atoms with E-state index >= 15 is 0 Å². The molecule has 0 fully saturated rings. The third-order valence-corrected chi connectivity index (χ3v) is 18.7. The second-order valence-electron chi connectivity index (χ2n) is 8.93. The molecule has 1 atom stereocenters. The second-order valence-corrected chi connectivity index (χ2v) is 27.7. The van der Waals surface area contributed by atoms with Crippen molar-refractivity contribution in [2.24, 2.45) is 5.92 Å². The van der Waals surface area contributed by atoms with Crippen molar-refractivity contribution < 1.29 is 0 Å². The summed E-state index contributed by atoms with van der Waals surface area (Å²) in [7, 11) is 0. The SMILES string of the molecule is CCCCC(CC)Cn1c2cc(C)sc2c2sc3c[c]([Sn]([CH3])([CH3])[CH3])sc3c21. The van der Waals surface area contributed by atoms with Crippen molar-refractivity contribution in [3.05, 3.63) is 17.0 Å². The molecule has 0 bridgehead atoms. The summed E-state index contributed by atoms with van der Waals surface area (Å²) in [5, 5.41) is 0. The van der Waals surface area contributed by atoms with Crippen LogP contribution in [0.1, 0.15) is 44.4 Å². The summed E-state index contributed by atoms with van der Waals surface area (Å²) in [6, 6.07) is 4.98. The zero-order valence-corrected chi connectivity index (χ0v) is 22.7. The van der Waals surface area contributed by atoms with Gasteiger partial charge in [-0.1, -0.05) is 0 Å². The van der Waals surface area contributed by atoms with E-state index in [2.05, 4.69) is 63.6 Å². The zero-order chi connectivity index (χ0) is 19.3. The summed E-state index contributed by atoms with van der Waals surface area (Å²) < 4.78 is 10.6. The van der Waals surface area contributed by atoms with Gasteiger partial charge in [-0.15, -0.1) is 0 Å². The van der Waals surface area contributed by atoms with Crippen LogP contribution in [-0.4, -0.2) is 22.9 Å². The van der Waals surface area contributed by atoms with Gasteiger partial charge in [-0.2, -0.15) is 0 Å². The molecule has 4 rings (SSSR count). The van der Waals surface area contributed by atoms with Crippen LogP contribution in [0.4, 0.5) is 0 Å². The van der Waals surface area contributed by atoms with Crippen molar-refractivity contribution in [1.29, 1.82) is 0 Å². The minimum atomic E-state index is -2.02. The molecule has 0 aliphatic carbocycles. The van der Waals surface area contributed by atoms with Crippen LogP contribution >= 0.6 is 34.0 Å². The van der Waals surface area contributed by atoms with Crippen LogP contribution in [0.25, 0.3) is 29.8 Å². The van der Waals surface area contributed by atoms with Gasteiger partial charge >= 0.3 is 180 Å². The molecule has 0 aromatic carbocycles. The fourth-order valence-electron chi connectivity index (χ4n) is 3.99. The van der Waals surface area contributed by atoms with Gasteiger partial charge in [0.1, 0.15) is 0 Å². The molecule has 0 aliphatic rings. The van der Waals surface area contributed by atoms with Gasteiger partial charge in [0.05, 0.1) is 0 Å². The Morgan fingerprint density at radius 2 is 1.78 bits per heavy atom. The van der Waals surface area contributed by atoms with Gasteiger partial charge in [-0.05, 0) is 0 Å². The predicted octanol–water partition coefficient (Wildman–Crippen LogP) is 8.20. The first-order valence-electron chi connectivity index (χ1n) is 10.3. The Morgan fingerprint density at radius 3 is 2.44 bits per heavy atom. The molecule has 0 spiro atoms. The van der Waals surface area contributed by atoms with E-state index in [0.717, 1.165) is 5.92 Å². The fourth-order valence-corrected chi connectivity index (χ4v) is 13.3. The summed E-state index contributed by atoms with van der Waals surface area (Å²) in [6.07, 6.45) is 5.31. The molecule has 27 heavy (non-hydrogen) atoms. The molecule has 0 radical (unpaired) electrons. The van der Waals surface area contributed by atoms with Crippen molar-refractivity contribution in [3.8, 4) is 0 Å². The van der Waals surface area contributed by atoms with Crippen LogP contribution in [0.5, 0.6) is 0 Å². The molecule has 1 unspecified atom stereocenters. The standard InChI is InChI=1S/C19H22NS3.3CH3.Sn/c1-4-6-7-13(5-2)11-20-14-10-12(3)22-17(14)19-16(20)18-15(23-19)8-9-21-18;;;;/h8,10,13H,4-7,11H2,1-3H3;3*1H3;. The molecule has 4 heterocycles. The van der Waals surface area contributed by atoms with E-state index in [-0.39, 0.29) is 0 Å². The second kappa shape index (κ2) is 7.66. The molecule has 0 aliphatic heterocycles. The van der Waals surface area contributed by atoms with Crippen molar-refractivity contribution in [2.45, 2.75) is 67.8 Å². The molecule has 4 aromatic rings. The third-order valence-electron chi connectivity index (χ3n) is 5.67. The predicted molar refractivity (Wildman–Crippen MR) is 132 cm³/mol. The number of unbranched alkanes of at least 4 members (excludes halogenated alkanes) is 1. The number of fused-ring (bicyclic) bond motifs is 5. The van der Waals surface area contributed by atoms with E-state index < -0.39 is 18.4 Å². The van der Waals surface area contributed by atoms with E-state index in [1.807, 2.05) is 22.7 Å². The van der Waals surface area contributed by atoms with Gasteiger partial charge in [0.2, 0.25) is 0 Å². The van der Waals surface area contributed by atoms with Gasteiger partial charge in [0.25, 0.3) is 0 Å². The van der Waals surface area contributed by atoms with E-state index in [0.29, 0.717) is 0 Å². The van der Waals surface area contributed by atoms with Gasteiger partial charge < -0.3 is 0 Å². The van der Waals surface area contributed by atoms with Gasteiger partial charge in [0, 0.05) is 0 Å². The third kappa shape index (κ3) is 3.64. The van der Waals surface area contributed by atoms with E-state index in [9.17, 15) is 0 Å². The molecular formula is C22H31NS3Sn. The number of rotatable bonds is 7. The summed E-state index contributed by atoms with van der Waals surface area (Å²) in [4.78, 5) is 9.07. The summed E-state index contributed by atoms with van der Waals surface area (Å²) in [6.45, 7) is 8.13. The van der Waals surface area contributed by atoms with Crippen LogP contribution in [0.15, 0.2) is 12.1 Å². The first kappa shape index (κ1) is 20.2. The number of aryl methyl sites for hydroxylation is 1. The van der Waals surface area contributed by atoms with Gasteiger partial charge in [-0.25, -0.2) is 0 Å². The monoisotopic (exact) mass is 525 g/mol. The maximum absolute atomic E-state index is 2.70. The van der Waals surface area contributed by atoms with Gasteiger partial charge in [0.15, 0.2) is 0 Å². The number of hydrogen-bond donors (Lipinski definition) is 0. The molecule has 4 aromatic heterocycles. The normalized spacial score (nSPS) is 14.1. The van der Waals surface area contributed by atoms with E-state index in [1.54, 1.807) is 17.8 Å². The first-order valence-corrected chi connectivity index (χ1v) is 22.7. The van der Waals surface area contributed by atoms with Crippen LogP contribution < -0.4 is 2.89 Å². The molecule has 0 amide bonds. The molecule has 0 saturated carbocycles. The molecule has 146 valence electrons. The van der Waals surface area contributed by atoms with Crippen molar-refractivity contribution in [1.82, 2.24) is 4.57 Å². The van der Waals surface area contributed by atoms with E-state index in [4.69, 9.17) is 0 Å². The minimum absolute atomic E-state index is 0.792. The number of nitrogens with zero attached hydrogens (tertiary/aromatic N) is 1. The number of thiophene rings is 3. The fraction of sp³-hybridized carbons (Fsp3) is 0.545. The Balaban J connectivity index is 1.91. The molecule has 0 N–H and O–H groups in total. The molecule has 0 saturated heterocycles. The van der Waals surface area contributed by atoms with Crippen molar-refractivity contribution in [2.75, 3.05) is 0 Å². The Kier molecular flexibility index (Phi) is 5.74. The summed E-state index contributed by atoms with van der Waals surface area (Å²) in [5.41, 5.74) is 3.04. The quantitative estimate of drug-likeness (QED) is 0.215. The Morgan fingerprint density at radius 1 is 1.00 bits per heavy atom. The van der Waals surface area contributed by atoms with Crippen molar-refractivity contribution >= 4 is 85.1 Å². The zero-order valence-electron chi connectivity index (χ0n) is 17.4. The maximum atomic E-state index is 2.70. The Labute approximate surface area is 179 Å². The van der Waals surface area contributed by atoms with Crippen LogP contribution in [0.2, 0.25) is 14.8 Å². The topological polar surface area (TPSA) is 4.93 Å². The van der Waals surface area contributed by atoms with E-state index in [1.165, 1.54) is 52.0 Å². The number of hydrogen-bond acceptors (Lipinski definition) is 3. The van der Waals surface area contributed by atoms with Crippen molar-refractivity contribution in [3.63, 3.8) is 0 Å². The first-order chi connectivity index (χ1) is 12.8. The molecule has 1 nitrogen and oxygen atoms in total. The summed E-state index contributed by atoms with van der Waals surface area (Å²) in [5.74, 6) is 0.792. The van der Waals surface area contributed by atoms with Crippen LogP contribution in [-0.2, 0) is 6.54 Å². The van der Waals surface area contributed by atoms with Crippen LogP contribution in [0.3, 0.4) is 0 Å². The Hall–Kier alpha value is -0.0413. The number of aromatic nitrogens is 1.